The van der Waals surface area contributed by atoms with Gasteiger partial charge in [-0.25, -0.2) is 4.79 Å². The van der Waals surface area contributed by atoms with E-state index in [1.807, 2.05) is 0 Å². The Balaban J connectivity index is 2.89. The molecule has 0 saturated heterocycles. The summed E-state index contributed by atoms with van der Waals surface area (Å²) in [6.07, 6.45) is -0.871. The number of rotatable bonds is 6. The highest BCUT2D eigenvalue weighted by Gasteiger charge is 2.14. The second-order valence-corrected chi connectivity index (χ2v) is 4.44. The van der Waals surface area contributed by atoms with Crippen LogP contribution in [0.2, 0.25) is 0 Å². The number of hydrogen-bond acceptors (Lipinski definition) is 4. The van der Waals surface area contributed by atoms with Crippen molar-refractivity contribution in [2.75, 3.05) is 14.2 Å². The zero-order valence-corrected chi connectivity index (χ0v) is 12.0. The van der Waals surface area contributed by atoms with Gasteiger partial charge < -0.3 is 19.3 Å². The van der Waals surface area contributed by atoms with Gasteiger partial charge in [-0.2, -0.15) is 0 Å². The first-order valence-corrected chi connectivity index (χ1v) is 6.03. The average molecular weight is 319 g/mol. The zero-order valence-electron chi connectivity index (χ0n) is 10.4. The topological polar surface area (TPSA) is 65.0 Å². The summed E-state index contributed by atoms with van der Waals surface area (Å²) in [5.74, 6) is 0.246. The normalized spacial score (nSPS) is 12.0. The minimum atomic E-state index is -1.00. The number of carbonyl (C=O) groups is 1. The number of benzene rings is 1. The summed E-state index contributed by atoms with van der Waals surface area (Å²) in [7, 11) is 3.09. The summed E-state index contributed by atoms with van der Waals surface area (Å²) in [4.78, 5) is 10.7. The molecule has 1 aromatic rings. The Bertz CT molecular complexity index is 433. The second-order valence-electron chi connectivity index (χ2n) is 3.59. The van der Waals surface area contributed by atoms with E-state index in [0.29, 0.717) is 11.5 Å². The van der Waals surface area contributed by atoms with Crippen LogP contribution in [0, 0.1) is 0 Å². The Morgan fingerprint density at radius 1 is 1.33 bits per heavy atom. The number of ether oxygens (including phenoxy) is 3. The van der Waals surface area contributed by atoms with Crippen LogP contribution in [0.4, 0.5) is 0 Å². The van der Waals surface area contributed by atoms with Crippen LogP contribution in [0.5, 0.6) is 11.5 Å². The zero-order chi connectivity index (χ0) is 13.7. The van der Waals surface area contributed by atoms with Gasteiger partial charge in [-0.3, -0.25) is 0 Å². The fourth-order valence-electron chi connectivity index (χ4n) is 1.32. The fourth-order valence-corrected chi connectivity index (χ4v) is 1.81. The van der Waals surface area contributed by atoms with Gasteiger partial charge in [0, 0.05) is 5.56 Å². The van der Waals surface area contributed by atoms with Gasteiger partial charge in [0.25, 0.3) is 0 Å². The highest BCUT2D eigenvalue weighted by Crippen LogP contribution is 2.33. The molecule has 0 aliphatic rings. The van der Waals surface area contributed by atoms with Gasteiger partial charge in [0.1, 0.15) is 11.5 Å². The molecule has 0 radical (unpaired) electrons. The van der Waals surface area contributed by atoms with E-state index in [9.17, 15) is 4.79 Å². The van der Waals surface area contributed by atoms with Crippen molar-refractivity contribution in [1.82, 2.24) is 0 Å². The van der Waals surface area contributed by atoms with E-state index in [4.69, 9.17) is 19.3 Å². The van der Waals surface area contributed by atoms with Gasteiger partial charge in [-0.15, -0.1) is 0 Å². The van der Waals surface area contributed by atoms with Crippen molar-refractivity contribution in [1.29, 1.82) is 0 Å². The molecule has 0 aliphatic heterocycles. The lowest BCUT2D eigenvalue weighted by Crippen LogP contribution is -2.19. The van der Waals surface area contributed by atoms with Crippen LogP contribution < -0.4 is 9.47 Å². The summed E-state index contributed by atoms with van der Waals surface area (Å²) in [5.41, 5.74) is 0.727. The van der Waals surface area contributed by atoms with Crippen molar-refractivity contribution in [3.63, 3.8) is 0 Å². The molecule has 0 aromatic heterocycles. The second kappa shape index (κ2) is 6.61. The largest absolute Gasteiger partial charge is 0.496 e. The van der Waals surface area contributed by atoms with Gasteiger partial charge in [-0.05, 0) is 35.0 Å². The monoisotopic (exact) mass is 318 g/mol. The SMILES string of the molecule is COc1cc(CO[C@@H](C)C(=O)O)c(OC)cc1Br. The molecule has 1 atom stereocenters. The minimum absolute atomic E-state index is 0.139. The molecule has 5 nitrogen and oxygen atoms in total. The lowest BCUT2D eigenvalue weighted by Gasteiger charge is -2.14. The summed E-state index contributed by atoms with van der Waals surface area (Å²) >= 11 is 3.35. The molecule has 100 valence electrons. The van der Waals surface area contributed by atoms with E-state index in [1.54, 1.807) is 26.4 Å². The Hall–Kier alpha value is -1.27. The van der Waals surface area contributed by atoms with Gasteiger partial charge in [0.05, 0.1) is 25.3 Å². The van der Waals surface area contributed by atoms with Gasteiger partial charge in [0.2, 0.25) is 0 Å². The summed E-state index contributed by atoms with van der Waals surface area (Å²) in [5, 5.41) is 8.74. The Morgan fingerprint density at radius 2 is 1.94 bits per heavy atom. The third kappa shape index (κ3) is 3.61. The smallest absolute Gasteiger partial charge is 0.332 e. The Labute approximate surface area is 114 Å². The van der Waals surface area contributed by atoms with Crippen LogP contribution >= 0.6 is 15.9 Å². The number of hydrogen-bond donors (Lipinski definition) is 1. The Morgan fingerprint density at radius 3 is 2.44 bits per heavy atom. The average Bonchev–Trinajstić information content (AvgIpc) is 2.36. The van der Waals surface area contributed by atoms with E-state index in [0.717, 1.165) is 10.0 Å². The van der Waals surface area contributed by atoms with Crippen molar-refractivity contribution < 1.29 is 24.1 Å². The van der Waals surface area contributed by atoms with Crippen molar-refractivity contribution >= 4 is 21.9 Å². The number of aliphatic carboxylic acids is 1. The van der Waals surface area contributed by atoms with Crippen LogP contribution in [0.25, 0.3) is 0 Å². The van der Waals surface area contributed by atoms with Gasteiger partial charge >= 0.3 is 5.97 Å². The number of methoxy groups -OCH3 is 2. The molecule has 0 bridgehead atoms. The maximum Gasteiger partial charge on any atom is 0.332 e. The predicted octanol–water partition coefficient (Wildman–Crippen LogP) is 2.46. The molecular formula is C12H15BrO5. The first-order chi connectivity index (χ1) is 8.49. The molecule has 1 rings (SSSR count). The van der Waals surface area contributed by atoms with Crippen LogP contribution in [-0.4, -0.2) is 31.4 Å². The molecule has 1 N–H and O–H groups in total. The van der Waals surface area contributed by atoms with Crippen LogP contribution in [0.3, 0.4) is 0 Å². The van der Waals surface area contributed by atoms with E-state index < -0.39 is 12.1 Å². The van der Waals surface area contributed by atoms with E-state index in [-0.39, 0.29) is 6.61 Å². The molecule has 1 aromatic carbocycles. The number of carboxylic acids is 1. The molecule has 0 spiro atoms. The molecule has 18 heavy (non-hydrogen) atoms. The first kappa shape index (κ1) is 14.8. The number of carboxylic acid groups (broad SMARTS) is 1. The molecule has 0 amide bonds. The third-order valence-electron chi connectivity index (χ3n) is 2.39. The Kier molecular flexibility index (Phi) is 5.43. The molecule has 0 saturated carbocycles. The lowest BCUT2D eigenvalue weighted by molar-refractivity contribution is -0.149. The predicted molar refractivity (Wildman–Crippen MR) is 69.1 cm³/mol. The minimum Gasteiger partial charge on any atom is -0.496 e. The standard InChI is InChI=1S/C12H15BrO5/c1-7(12(14)15)18-6-8-4-11(17-3)9(13)5-10(8)16-2/h4-5,7H,6H2,1-3H3,(H,14,15)/t7-/m0/s1. The molecule has 0 unspecified atom stereocenters. The molecule has 6 heteroatoms. The van der Waals surface area contributed by atoms with Crippen LogP contribution in [0.1, 0.15) is 12.5 Å². The first-order valence-electron chi connectivity index (χ1n) is 5.24. The summed E-state index contributed by atoms with van der Waals surface area (Å²) in [6.45, 7) is 1.62. The quantitative estimate of drug-likeness (QED) is 0.872. The van der Waals surface area contributed by atoms with Crippen molar-refractivity contribution in [2.45, 2.75) is 19.6 Å². The van der Waals surface area contributed by atoms with Crippen molar-refractivity contribution in [3.05, 3.63) is 22.2 Å². The lowest BCUT2D eigenvalue weighted by atomic mass is 10.2. The summed E-state index contributed by atoms with van der Waals surface area (Å²) in [6, 6.07) is 3.50. The molecule has 0 heterocycles. The molecule has 0 aliphatic carbocycles. The van der Waals surface area contributed by atoms with Gasteiger partial charge in [-0.1, -0.05) is 0 Å². The van der Waals surface area contributed by atoms with E-state index in [2.05, 4.69) is 15.9 Å². The van der Waals surface area contributed by atoms with Gasteiger partial charge in [0.15, 0.2) is 6.10 Å². The number of halogens is 1. The highest BCUT2D eigenvalue weighted by atomic mass is 79.9. The molecule has 0 fully saturated rings. The van der Waals surface area contributed by atoms with Crippen molar-refractivity contribution in [2.24, 2.45) is 0 Å². The maximum atomic E-state index is 10.7. The third-order valence-corrected chi connectivity index (χ3v) is 3.01. The van der Waals surface area contributed by atoms with Crippen LogP contribution in [-0.2, 0) is 16.1 Å². The van der Waals surface area contributed by atoms with Crippen molar-refractivity contribution in [3.8, 4) is 11.5 Å². The summed E-state index contributed by atoms with van der Waals surface area (Å²) < 4.78 is 16.4. The van der Waals surface area contributed by atoms with E-state index in [1.165, 1.54) is 6.92 Å². The fraction of sp³-hybridized carbons (Fsp3) is 0.417. The molecular weight excluding hydrogens is 304 g/mol. The van der Waals surface area contributed by atoms with E-state index >= 15 is 0 Å². The van der Waals surface area contributed by atoms with Crippen LogP contribution in [0.15, 0.2) is 16.6 Å². The maximum absolute atomic E-state index is 10.7. The highest BCUT2D eigenvalue weighted by molar-refractivity contribution is 9.10.